The second-order valence-corrected chi connectivity index (χ2v) is 11.5. The van der Waals surface area contributed by atoms with Crippen molar-refractivity contribution >= 4 is 27.3 Å². The molecule has 0 aliphatic heterocycles. The van der Waals surface area contributed by atoms with Crippen LogP contribution in [0.25, 0.3) is 11.5 Å². The Morgan fingerprint density at radius 1 is 1.08 bits per heavy atom. The lowest BCUT2D eigenvalue weighted by atomic mass is 9.97. The average Bonchev–Trinajstić information content (AvgIpc) is 3.30. The maximum atomic E-state index is 11.7. The first-order valence-corrected chi connectivity index (χ1v) is 13.5. The SMILES string of the molecule is Cc1cc(Nc2ncc(-c3nnc(C(C)(C)C)o3)c(N)n2)ccc1S(C)(=O)=O.OCCc1ccccc1. The van der Waals surface area contributed by atoms with Gasteiger partial charge in [0.1, 0.15) is 5.82 Å². The van der Waals surface area contributed by atoms with Crippen LogP contribution in [0.5, 0.6) is 0 Å². The molecule has 2 aromatic carbocycles. The van der Waals surface area contributed by atoms with Gasteiger partial charge in [0.25, 0.3) is 5.89 Å². The van der Waals surface area contributed by atoms with Gasteiger partial charge >= 0.3 is 0 Å². The summed E-state index contributed by atoms with van der Waals surface area (Å²) in [5.41, 5.74) is 8.66. The lowest BCUT2D eigenvalue weighted by molar-refractivity contribution is 0.299. The van der Waals surface area contributed by atoms with E-state index >= 15 is 0 Å². The molecule has 4 N–H and O–H groups in total. The highest BCUT2D eigenvalue weighted by Crippen LogP contribution is 2.28. The molecule has 2 heterocycles. The van der Waals surface area contributed by atoms with E-state index in [4.69, 9.17) is 15.3 Å². The van der Waals surface area contributed by atoms with Crippen molar-refractivity contribution in [1.29, 1.82) is 0 Å². The summed E-state index contributed by atoms with van der Waals surface area (Å²) in [6.07, 6.45) is 3.44. The first-order chi connectivity index (χ1) is 17.4. The van der Waals surface area contributed by atoms with Crippen LogP contribution in [0.3, 0.4) is 0 Å². The smallest absolute Gasteiger partial charge is 0.253 e. The number of aliphatic hydroxyl groups excluding tert-OH is 1. The number of nitrogen functional groups attached to an aromatic ring is 1. The number of aliphatic hydroxyl groups is 1. The zero-order chi connectivity index (χ0) is 27.2. The van der Waals surface area contributed by atoms with E-state index in [2.05, 4.69) is 25.5 Å². The van der Waals surface area contributed by atoms with Gasteiger partial charge in [0.15, 0.2) is 9.84 Å². The summed E-state index contributed by atoms with van der Waals surface area (Å²) in [4.78, 5) is 8.74. The molecule has 4 rings (SSSR count). The normalized spacial score (nSPS) is 11.5. The minimum Gasteiger partial charge on any atom is -0.420 e. The molecule has 11 heteroatoms. The Hall–Kier alpha value is -3.83. The van der Waals surface area contributed by atoms with Crippen LogP contribution >= 0.6 is 0 Å². The van der Waals surface area contributed by atoms with Crippen molar-refractivity contribution in [2.45, 2.75) is 44.4 Å². The van der Waals surface area contributed by atoms with E-state index in [0.717, 1.165) is 6.42 Å². The van der Waals surface area contributed by atoms with Crippen molar-refractivity contribution in [3.05, 3.63) is 71.7 Å². The maximum absolute atomic E-state index is 11.7. The Labute approximate surface area is 216 Å². The van der Waals surface area contributed by atoms with Crippen LogP contribution in [0.4, 0.5) is 17.5 Å². The number of nitrogens with one attached hydrogen (secondary N) is 1. The summed E-state index contributed by atoms with van der Waals surface area (Å²) >= 11 is 0. The van der Waals surface area contributed by atoms with Gasteiger partial charge in [-0.3, -0.25) is 0 Å². The Balaban J connectivity index is 0.000000356. The number of nitrogens with two attached hydrogens (primary N) is 1. The Bertz CT molecular complexity index is 1450. The molecule has 0 radical (unpaired) electrons. The monoisotopic (exact) mass is 524 g/mol. The molecule has 0 fully saturated rings. The van der Waals surface area contributed by atoms with Gasteiger partial charge in [0, 0.05) is 30.2 Å². The van der Waals surface area contributed by atoms with Gasteiger partial charge in [-0.2, -0.15) is 4.98 Å². The third-order valence-electron chi connectivity index (χ3n) is 5.19. The molecule has 0 aliphatic carbocycles. The summed E-state index contributed by atoms with van der Waals surface area (Å²) in [6.45, 7) is 7.86. The molecule has 37 heavy (non-hydrogen) atoms. The fourth-order valence-electron chi connectivity index (χ4n) is 3.30. The number of aryl methyl sites for hydroxylation is 1. The molecular formula is C26H32N6O4S. The fraction of sp³-hybridized carbons (Fsp3) is 0.308. The molecule has 4 aromatic rings. The molecule has 0 aliphatic rings. The number of anilines is 3. The number of rotatable bonds is 6. The van der Waals surface area contributed by atoms with E-state index in [0.29, 0.717) is 22.7 Å². The van der Waals surface area contributed by atoms with Gasteiger partial charge < -0.3 is 20.6 Å². The van der Waals surface area contributed by atoms with Gasteiger partial charge in [-0.1, -0.05) is 51.1 Å². The molecule has 10 nitrogen and oxygen atoms in total. The summed E-state index contributed by atoms with van der Waals surface area (Å²) in [7, 11) is -3.28. The molecule has 0 amide bonds. The second kappa shape index (κ2) is 11.5. The van der Waals surface area contributed by atoms with Crippen LogP contribution in [-0.2, 0) is 21.7 Å². The van der Waals surface area contributed by atoms with Gasteiger partial charge in [-0.15, -0.1) is 10.2 Å². The minimum atomic E-state index is -3.28. The predicted octanol–water partition coefficient (Wildman–Crippen LogP) is 4.08. The highest BCUT2D eigenvalue weighted by molar-refractivity contribution is 7.90. The van der Waals surface area contributed by atoms with Crippen LogP contribution in [-0.4, -0.2) is 46.6 Å². The topological polar surface area (TPSA) is 157 Å². The van der Waals surface area contributed by atoms with E-state index in [1.165, 1.54) is 24.1 Å². The molecule has 0 spiro atoms. The number of hydrogen-bond donors (Lipinski definition) is 3. The maximum Gasteiger partial charge on any atom is 0.253 e. The Kier molecular flexibility index (Phi) is 8.61. The second-order valence-electron chi connectivity index (χ2n) is 9.49. The third kappa shape index (κ3) is 7.58. The van der Waals surface area contributed by atoms with E-state index in [1.54, 1.807) is 19.1 Å². The molecule has 2 aromatic heterocycles. The molecule has 0 atom stereocenters. The number of benzene rings is 2. The van der Waals surface area contributed by atoms with Crippen molar-refractivity contribution in [3.8, 4) is 11.5 Å². The van der Waals surface area contributed by atoms with Gasteiger partial charge in [0.2, 0.25) is 11.8 Å². The van der Waals surface area contributed by atoms with E-state index in [-0.39, 0.29) is 34.6 Å². The Morgan fingerprint density at radius 3 is 2.32 bits per heavy atom. The van der Waals surface area contributed by atoms with Gasteiger partial charge in [-0.05, 0) is 42.7 Å². The zero-order valence-corrected chi connectivity index (χ0v) is 22.4. The van der Waals surface area contributed by atoms with Gasteiger partial charge in [0.05, 0.1) is 10.5 Å². The average molecular weight is 525 g/mol. The van der Waals surface area contributed by atoms with Crippen molar-refractivity contribution < 1.29 is 17.9 Å². The lowest BCUT2D eigenvalue weighted by Gasteiger charge is -2.11. The van der Waals surface area contributed by atoms with Crippen LogP contribution in [0.2, 0.25) is 0 Å². The summed E-state index contributed by atoms with van der Waals surface area (Å²) in [6, 6.07) is 14.8. The number of aromatic nitrogens is 4. The van der Waals surface area contributed by atoms with E-state index in [9.17, 15) is 8.42 Å². The standard InChI is InChI=1S/C18H22N6O3S.C8H10O/c1-10-8-11(6-7-13(10)28(5,25)26)21-17-20-9-12(14(19)22-17)15-23-24-16(27-15)18(2,3)4;9-7-6-8-4-2-1-3-5-8/h6-9H,1-5H3,(H3,19,20,21,22);1-5,9H,6-7H2. The lowest BCUT2D eigenvalue weighted by Crippen LogP contribution is -2.11. The summed E-state index contributed by atoms with van der Waals surface area (Å²) in [5, 5.41) is 19.6. The predicted molar refractivity (Wildman–Crippen MR) is 143 cm³/mol. The molecule has 0 unspecified atom stereocenters. The number of sulfone groups is 1. The quantitative estimate of drug-likeness (QED) is 0.335. The summed E-state index contributed by atoms with van der Waals surface area (Å²) in [5.74, 6) is 1.20. The summed E-state index contributed by atoms with van der Waals surface area (Å²) < 4.78 is 29.1. The fourth-order valence-corrected chi connectivity index (χ4v) is 4.26. The van der Waals surface area contributed by atoms with Crippen LogP contribution in [0.15, 0.2) is 64.0 Å². The Morgan fingerprint density at radius 2 is 1.78 bits per heavy atom. The molecule has 196 valence electrons. The number of hydrogen-bond acceptors (Lipinski definition) is 10. The van der Waals surface area contributed by atoms with Crippen LogP contribution < -0.4 is 11.1 Å². The zero-order valence-electron chi connectivity index (χ0n) is 21.6. The first-order valence-electron chi connectivity index (χ1n) is 11.6. The van der Waals surface area contributed by atoms with Crippen molar-refractivity contribution in [2.24, 2.45) is 0 Å². The van der Waals surface area contributed by atoms with Crippen LogP contribution in [0.1, 0.15) is 37.8 Å². The third-order valence-corrected chi connectivity index (χ3v) is 6.45. The molecular weight excluding hydrogens is 492 g/mol. The van der Waals surface area contributed by atoms with E-state index in [1.807, 2.05) is 51.1 Å². The number of nitrogens with zero attached hydrogens (tertiary/aromatic N) is 4. The molecule has 0 bridgehead atoms. The van der Waals surface area contributed by atoms with Crippen molar-refractivity contribution in [3.63, 3.8) is 0 Å². The minimum absolute atomic E-state index is 0.186. The molecule has 0 saturated carbocycles. The highest BCUT2D eigenvalue weighted by atomic mass is 32.2. The van der Waals surface area contributed by atoms with Crippen LogP contribution in [0, 0.1) is 6.92 Å². The van der Waals surface area contributed by atoms with E-state index < -0.39 is 9.84 Å². The first kappa shape index (κ1) is 27.8. The largest absolute Gasteiger partial charge is 0.420 e. The molecule has 0 saturated heterocycles. The van der Waals surface area contributed by atoms with Crippen molar-refractivity contribution in [2.75, 3.05) is 23.9 Å². The van der Waals surface area contributed by atoms with Gasteiger partial charge in [-0.25, -0.2) is 13.4 Å². The highest BCUT2D eigenvalue weighted by Gasteiger charge is 2.23. The van der Waals surface area contributed by atoms with Crippen molar-refractivity contribution in [1.82, 2.24) is 20.2 Å².